The highest BCUT2D eigenvalue weighted by molar-refractivity contribution is 9.10. The number of nitrogens with zero attached hydrogens (tertiary/aromatic N) is 2. The highest BCUT2D eigenvalue weighted by atomic mass is 79.9. The topological polar surface area (TPSA) is 51.8 Å². The summed E-state index contributed by atoms with van der Waals surface area (Å²) in [6.07, 6.45) is 0. The summed E-state index contributed by atoms with van der Waals surface area (Å²) in [6, 6.07) is 6.23. The molecule has 0 unspecified atom stereocenters. The minimum atomic E-state index is -0.297. The number of nitrogen functional groups attached to an aromatic ring is 1. The van der Waals surface area contributed by atoms with Crippen LogP contribution in [-0.4, -0.2) is 9.97 Å². The van der Waals surface area contributed by atoms with E-state index in [0.717, 1.165) is 11.3 Å². The van der Waals surface area contributed by atoms with Gasteiger partial charge >= 0.3 is 0 Å². The number of anilines is 1. The van der Waals surface area contributed by atoms with Gasteiger partial charge in [-0.15, -0.1) is 0 Å². The van der Waals surface area contributed by atoms with Gasteiger partial charge in [0.15, 0.2) is 0 Å². The van der Waals surface area contributed by atoms with Gasteiger partial charge in [0.25, 0.3) is 0 Å². The van der Waals surface area contributed by atoms with Crippen LogP contribution in [0.2, 0.25) is 0 Å². The van der Waals surface area contributed by atoms with E-state index in [0.29, 0.717) is 10.2 Å². The SMILES string of the molecule is Cc1cc(-c2ccc(F)cc2Br)nc(N)n1. The first kappa shape index (κ1) is 11.0. The van der Waals surface area contributed by atoms with Crippen LogP contribution in [0, 0.1) is 12.7 Å². The third-order valence-corrected chi connectivity index (χ3v) is 2.73. The Morgan fingerprint density at radius 2 is 2.00 bits per heavy atom. The predicted molar refractivity (Wildman–Crippen MR) is 64.3 cm³/mol. The van der Waals surface area contributed by atoms with Gasteiger partial charge < -0.3 is 5.73 Å². The molecule has 0 atom stereocenters. The van der Waals surface area contributed by atoms with E-state index in [1.165, 1.54) is 12.1 Å². The van der Waals surface area contributed by atoms with E-state index in [-0.39, 0.29) is 11.8 Å². The third kappa shape index (κ3) is 2.19. The first-order valence-corrected chi connectivity index (χ1v) is 5.42. The molecule has 0 fully saturated rings. The molecule has 5 heteroatoms. The van der Waals surface area contributed by atoms with Gasteiger partial charge in [-0.1, -0.05) is 0 Å². The first-order chi connectivity index (χ1) is 7.56. The molecule has 2 N–H and O–H groups in total. The van der Waals surface area contributed by atoms with Crippen LogP contribution in [0.1, 0.15) is 5.69 Å². The maximum atomic E-state index is 12.9. The summed E-state index contributed by atoms with van der Waals surface area (Å²) >= 11 is 3.29. The average Bonchev–Trinajstić information content (AvgIpc) is 2.15. The fraction of sp³-hybridized carbons (Fsp3) is 0.0909. The Balaban J connectivity index is 2.58. The van der Waals surface area contributed by atoms with E-state index in [1.807, 2.05) is 6.92 Å². The summed E-state index contributed by atoms with van der Waals surface area (Å²) in [5.74, 6) is -0.0828. The zero-order valence-corrected chi connectivity index (χ0v) is 10.1. The molecule has 2 aromatic rings. The summed E-state index contributed by atoms with van der Waals surface area (Å²) < 4.78 is 13.6. The number of benzene rings is 1. The van der Waals surface area contributed by atoms with Crippen LogP contribution in [0.5, 0.6) is 0 Å². The van der Waals surface area contributed by atoms with Crippen LogP contribution in [0.4, 0.5) is 10.3 Å². The van der Waals surface area contributed by atoms with Crippen molar-refractivity contribution in [1.29, 1.82) is 0 Å². The van der Waals surface area contributed by atoms with E-state index in [1.54, 1.807) is 12.1 Å². The van der Waals surface area contributed by atoms with E-state index in [9.17, 15) is 4.39 Å². The van der Waals surface area contributed by atoms with Crippen LogP contribution in [0.3, 0.4) is 0 Å². The molecule has 16 heavy (non-hydrogen) atoms. The molecule has 0 saturated heterocycles. The van der Waals surface area contributed by atoms with E-state index < -0.39 is 0 Å². The van der Waals surface area contributed by atoms with Crippen LogP contribution < -0.4 is 5.73 Å². The third-order valence-electron chi connectivity index (χ3n) is 2.08. The highest BCUT2D eigenvalue weighted by Gasteiger charge is 2.07. The monoisotopic (exact) mass is 281 g/mol. The quantitative estimate of drug-likeness (QED) is 0.874. The van der Waals surface area contributed by atoms with Crippen molar-refractivity contribution in [2.45, 2.75) is 6.92 Å². The zero-order chi connectivity index (χ0) is 11.7. The molecule has 3 nitrogen and oxygen atoms in total. The Morgan fingerprint density at radius 3 is 2.62 bits per heavy atom. The number of hydrogen-bond donors (Lipinski definition) is 1. The van der Waals surface area contributed by atoms with Gasteiger partial charge in [0, 0.05) is 15.7 Å². The average molecular weight is 282 g/mol. The smallest absolute Gasteiger partial charge is 0.220 e. The molecule has 0 bridgehead atoms. The normalized spacial score (nSPS) is 10.4. The second-order valence-electron chi connectivity index (χ2n) is 3.38. The summed E-state index contributed by atoms with van der Waals surface area (Å²) in [5.41, 5.74) is 7.81. The second-order valence-corrected chi connectivity index (χ2v) is 4.23. The molecule has 2 rings (SSSR count). The van der Waals surface area contributed by atoms with Crippen molar-refractivity contribution in [2.75, 3.05) is 5.73 Å². The molecule has 0 aliphatic carbocycles. The summed E-state index contributed by atoms with van der Waals surface area (Å²) in [7, 11) is 0. The second kappa shape index (κ2) is 4.17. The van der Waals surface area contributed by atoms with Gasteiger partial charge in [0.1, 0.15) is 5.82 Å². The molecule has 0 saturated carbocycles. The number of aryl methyl sites for hydroxylation is 1. The Morgan fingerprint density at radius 1 is 1.25 bits per heavy atom. The van der Waals surface area contributed by atoms with Crippen LogP contribution in [0.25, 0.3) is 11.3 Å². The lowest BCUT2D eigenvalue weighted by Crippen LogP contribution is -1.98. The molecular formula is C11H9BrFN3. The lowest BCUT2D eigenvalue weighted by atomic mass is 10.1. The van der Waals surface area contributed by atoms with Crippen LogP contribution in [-0.2, 0) is 0 Å². The first-order valence-electron chi connectivity index (χ1n) is 4.63. The minimum absolute atomic E-state index is 0.214. The number of hydrogen-bond acceptors (Lipinski definition) is 3. The molecule has 0 aliphatic rings. The van der Waals surface area contributed by atoms with Crippen molar-refractivity contribution in [3.05, 3.63) is 40.2 Å². The fourth-order valence-corrected chi connectivity index (χ4v) is 1.98. The van der Waals surface area contributed by atoms with Crippen molar-refractivity contribution in [3.8, 4) is 11.3 Å². The van der Waals surface area contributed by atoms with Gasteiger partial charge in [0.05, 0.1) is 5.69 Å². The molecule has 1 aromatic heterocycles. The largest absolute Gasteiger partial charge is 0.368 e. The number of halogens is 2. The van der Waals surface area contributed by atoms with E-state index >= 15 is 0 Å². The summed E-state index contributed by atoms with van der Waals surface area (Å²) in [5, 5.41) is 0. The van der Waals surface area contributed by atoms with Crippen LogP contribution in [0.15, 0.2) is 28.7 Å². The summed E-state index contributed by atoms with van der Waals surface area (Å²) in [6.45, 7) is 1.83. The molecule has 0 aliphatic heterocycles. The van der Waals surface area contributed by atoms with Crippen molar-refractivity contribution in [2.24, 2.45) is 0 Å². The van der Waals surface area contributed by atoms with Gasteiger partial charge in [-0.25, -0.2) is 14.4 Å². The lowest BCUT2D eigenvalue weighted by molar-refractivity contribution is 0.627. The van der Waals surface area contributed by atoms with Gasteiger partial charge in [0.2, 0.25) is 5.95 Å². The van der Waals surface area contributed by atoms with E-state index in [2.05, 4.69) is 25.9 Å². The van der Waals surface area contributed by atoms with Crippen molar-refractivity contribution in [1.82, 2.24) is 9.97 Å². The lowest BCUT2D eigenvalue weighted by Gasteiger charge is -2.05. The molecule has 0 spiro atoms. The maximum absolute atomic E-state index is 12.9. The number of aromatic nitrogens is 2. The van der Waals surface area contributed by atoms with E-state index in [4.69, 9.17) is 5.73 Å². The number of rotatable bonds is 1. The minimum Gasteiger partial charge on any atom is -0.368 e. The van der Waals surface area contributed by atoms with Crippen molar-refractivity contribution >= 4 is 21.9 Å². The van der Waals surface area contributed by atoms with Crippen LogP contribution >= 0.6 is 15.9 Å². The molecule has 82 valence electrons. The Kier molecular flexibility index (Phi) is 2.87. The Hall–Kier alpha value is -1.49. The van der Waals surface area contributed by atoms with Crippen molar-refractivity contribution in [3.63, 3.8) is 0 Å². The fourth-order valence-electron chi connectivity index (χ4n) is 1.43. The Labute approximate surface area is 101 Å². The Bertz CT molecular complexity index is 522. The molecule has 0 amide bonds. The summed E-state index contributed by atoms with van der Waals surface area (Å²) in [4.78, 5) is 8.09. The number of nitrogens with two attached hydrogens (primary N) is 1. The standard InChI is InChI=1S/C11H9BrFN3/c1-6-4-10(16-11(14)15-6)8-3-2-7(13)5-9(8)12/h2-5H,1H3,(H2,14,15,16). The predicted octanol–water partition coefficient (Wildman–Crippen LogP) is 2.94. The molecule has 1 aromatic carbocycles. The van der Waals surface area contributed by atoms with Crippen molar-refractivity contribution < 1.29 is 4.39 Å². The molecular weight excluding hydrogens is 273 g/mol. The molecule has 0 radical (unpaired) electrons. The van der Waals surface area contributed by atoms with Gasteiger partial charge in [-0.3, -0.25) is 0 Å². The maximum Gasteiger partial charge on any atom is 0.220 e. The zero-order valence-electron chi connectivity index (χ0n) is 8.54. The highest BCUT2D eigenvalue weighted by Crippen LogP contribution is 2.28. The molecule has 1 heterocycles. The van der Waals surface area contributed by atoms with Gasteiger partial charge in [-0.2, -0.15) is 0 Å². The van der Waals surface area contributed by atoms with Gasteiger partial charge in [-0.05, 0) is 47.1 Å².